The third kappa shape index (κ3) is 3.35. The van der Waals surface area contributed by atoms with E-state index in [1.807, 2.05) is 41.3 Å². The highest BCUT2D eigenvalue weighted by molar-refractivity contribution is 6.17. The fraction of sp³-hybridized carbons (Fsp3) is 0.480. The zero-order chi connectivity index (χ0) is 20.6. The van der Waals surface area contributed by atoms with Crippen molar-refractivity contribution in [3.8, 4) is 5.75 Å². The van der Waals surface area contributed by atoms with E-state index in [0.717, 1.165) is 30.7 Å². The first-order chi connectivity index (χ1) is 14.7. The molecule has 0 N–H and O–H groups in total. The number of fused-ring (bicyclic) bond motifs is 1. The second-order valence-corrected chi connectivity index (χ2v) is 9.05. The van der Waals surface area contributed by atoms with Crippen molar-refractivity contribution in [2.24, 2.45) is 5.92 Å². The Morgan fingerprint density at radius 1 is 1.13 bits per heavy atom. The molecule has 5 rings (SSSR count). The molecule has 158 valence electrons. The summed E-state index contributed by atoms with van der Waals surface area (Å²) < 4.78 is 11.3. The molecule has 3 atom stereocenters. The lowest BCUT2D eigenvalue weighted by Crippen LogP contribution is -2.62. The molecule has 2 aromatic rings. The Morgan fingerprint density at radius 2 is 2.00 bits per heavy atom. The van der Waals surface area contributed by atoms with Gasteiger partial charge in [-0.25, -0.2) is 4.79 Å². The van der Waals surface area contributed by atoms with E-state index >= 15 is 0 Å². The fourth-order valence-corrected chi connectivity index (χ4v) is 6.29. The Bertz CT molecular complexity index is 918. The first-order valence-electron chi connectivity index (χ1n) is 11.0. The summed E-state index contributed by atoms with van der Waals surface area (Å²) in [5, 5.41) is 0. The quantitative estimate of drug-likeness (QED) is 0.593. The predicted octanol–water partition coefficient (Wildman–Crippen LogP) is 5.66. The molecular weight excluding hydrogens is 398 g/mol. The Morgan fingerprint density at radius 3 is 2.83 bits per heavy atom. The van der Waals surface area contributed by atoms with Crippen molar-refractivity contribution < 1.29 is 14.3 Å². The van der Waals surface area contributed by atoms with E-state index in [1.54, 1.807) is 0 Å². The Labute approximate surface area is 183 Å². The van der Waals surface area contributed by atoms with E-state index in [2.05, 4.69) is 12.1 Å². The van der Waals surface area contributed by atoms with Gasteiger partial charge in [-0.3, -0.25) is 0 Å². The van der Waals surface area contributed by atoms with Gasteiger partial charge in [0.1, 0.15) is 12.4 Å². The van der Waals surface area contributed by atoms with E-state index in [0.29, 0.717) is 12.5 Å². The number of carbonyl (C=O) groups is 1. The highest BCUT2D eigenvalue weighted by Gasteiger charge is 2.55. The van der Waals surface area contributed by atoms with Gasteiger partial charge >= 0.3 is 6.09 Å². The van der Waals surface area contributed by atoms with Gasteiger partial charge in [0.15, 0.2) is 6.07 Å². The van der Waals surface area contributed by atoms with Gasteiger partial charge in [0.05, 0.1) is 0 Å². The maximum Gasteiger partial charge on any atom is 0.410 e. The standard InChI is InChI=1S/C25H28ClNO3/c26-17-30-20-10-9-19-14-23-21-8-4-5-11-25(21,22(19)15-20)12-13-27(23)24(28)29-16-18-6-2-1-3-7-18/h1-3,6-7,9-10,15,21,23H,4-5,8,11-14,16-17H2/t21-,23+,25+/m0/s1. The summed E-state index contributed by atoms with van der Waals surface area (Å²) in [6, 6.07) is 16.7. The number of ether oxygens (including phenoxy) is 2. The third-order valence-corrected chi connectivity index (χ3v) is 7.58. The van der Waals surface area contributed by atoms with E-state index in [9.17, 15) is 4.79 Å². The zero-order valence-corrected chi connectivity index (χ0v) is 17.9. The van der Waals surface area contributed by atoms with Gasteiger partial charge < -0.3 is 14.4 Å². The number of alkyl halides is 1. The SMILES string of the molecule is O=C(OCc1ccccc1)N1CC[C@]23CCCC[C@H]2[C@H]1Cc1ccc(OCCl)cc13. The van der Waals surface area contributed by atoms with Crippen LogP contribution >= 0.6 is 11.6 Å². The Balaban J connectivity index is 1.41. The summed E-state index contributed by atoms with van der Waals surface area (Å²) in [7, 11) is 0. The van der Waals surface area contributed by atoms with Crippen LogP contribution in [0.2, 0.25) is 0 Å². The van der Waals surface area contributed by atoms with Crippen LogP contribution < -0.4 is 4.74 Å². The maximum atomic E-state index is 13.1. The van der Waals surface area contributed by atoms with Gasteiger partial charge in [0.2, 0.25) is 0 Å². The molecule has 2 fully saturated rings. The highest BCUT2D eigenvalue weighted by atomic mass is 35.5. The molecule has 1 saturated carbocycles. The Hall–Kier alpha value is -2.20. The molecule has 2 bridgehead atoms. The molecular formula is C25H28ClNO3. The number of amides is 1. The number of likely N-dealkylation sites (tertiary alicyclic amines) is 1. The lowest BCUT2D eigenvalue weighted by molar-refractivity contribution is -0.0137. The monoisotopic (exact) mass is 425 g/mol. The number of benzene rings is 2. The van der Waals surface area contributed by atoms with Gasteiger partial charge in [0, 0.05) is 18.0 Å². The zero-order valence-electron chi connectivity index (χ0n) is 17.2. The number of hydrogen-bond donors (Lipinski definition) is 0. The van der Waals surface area contributed by atoms with Crippen LogP contribution in [-0.4, -0.2) is 29.6 Å². The molecule has 5 heteroatoms. The molecule has 2 aliphatic carbocycles. The summed E-state index contributed by atoms with van der Waals surface area (Å²) in [5.41, 5.74) is 3.96. The largest absolute Gasteiger partial charge is 0.478 e. The molecule has 0 aromatic heterocycles. The summed E-state index contributed by atoms with van der Waals surface area (Å²) in [5.74, 6) is 1.34. The van der Waals surface area contributed by atoms with Crippen LogP contribution in [0.1, 0.15) is 48.8 Å². The van der Waals surface area contributed by atoms with E-state index in [4.69, 9.17) is 21.1 Å². The van der Waals surface area contributed by atoms with Crippen molar-refractivity contribution >= 4 is 17.7 Å². The van der Waals surface area contributed by atoms with Gasteiger partial charge in [-0.1, -0.05) is 60.8 Å². The Kier molecular flexibility index (Phi) is 5.36. The van der Waals surface area contributed by atoms with E-state index in [1.165, 1.54) is 36.8 Å². The lowest BCUT2D eigenvalue weighted by atomic mass is 9.52. The molecule has 0 spiro atoms. The van der Waals surface area contributed by atoms with Crippen LogP contribution in [-0.2, 0) is 23.2 Å². The lowest BCUT2D eigenvalue weighted by Gasteiger charge is -2.58. The van der Waals surface area contributed by atoms with Crippen molar-refractivity contribution in [1.29, 1.82) is 0 Å². The summed E-state index contributed by atoms with van der Waals surface area (Å²) in [6.07, 6.45) is 6.57. The number of rotatable bonds is 4. The fourth-order valence-electron chi connectivity index (χ4n) is 6.17. The van der Waals surface area contributed by atoms with Crippen LogP contribution in [0.3, 0.4) is 0 Å². The first kappa shape index (κ1) is 19.7. The van der Waals surface area contributed by atoms with Crippen molar-refractivity contribution in [1.82, 2.24) is 4.90 Å². The van der Waals surface area contributed by atoms with Crippen LogP contribution in [0.15, 0.2) is 48.5 Å². The van der Waals surface area contributed by atoms with Crippen molar-refractivity contribution in [3.63, 3.8) is 0 Å². The highest BCUT2D eigenvalue weighted by Crippen LogP contribution is 2.56. The second-order valence-electron chi connectivity index (χ2n) is 8.84. The number of piperidine rings is 1. The van der Waals surface area contributed by atoms with Gasteiger partial charge in [0.25, 0.3) is 0 Å². The van der Waals surface area contributed by atoms with Crippen molar-refractivity contribution in [3.05, 3.63) is 65.2 Å². The molecule has 3 aliphatic rings. The van der Waals surface area contributed by atoms with Crippen LogP contribution in [0, 0.1) is 5.92 Å². The molecule has 2 aromatic carbocycles. The molecule has 0 radical (unpaired) electrons. The topological polar surface area (TPSA) is 38.8 Å². The number of carbonyl (C=O) groups excluding carboxylic acids is 1. The average Bonchev–Trinajstić information content (AvgIpc) is 2.79. The summed E-state index contributed by atoms with van der Waals surface area (Å²) in [6.45, 7) is 1.09. The third-order valence-electron chi connectivity index (χ3n) is 7.47. The summed E-state index contributed by atoms with van der Waals surface area (Å²) >= 11 is 5.81. The van der Waals surface area contributed by atoms with Crippen molar-refractivity contribution in [2.45, 2.75) is 56.6 Å². The number of hydrogen-bond acceptors (Lipinski definition) is 3. The molecule has 0 unspecified atom stereocenters. The van der Waals surface area contributed by atoms with Crippen LogP contribution in [0.5, 0.6) is 5.75 Å². The predicted molar refractivity (Wildman–Crippen MR) is 117 cm³/mol. The van der Waals surface area contributed by atoms with E-state index in [-0.39, 0.29) is 23.6 Å². The molecule has 1 saturated heterocycles. The normalized spacial score (nSPS) is 27.0. The van der Waals surface area contributed by atoms with Crippen LogP contribution in [0.25, 0.3) is 0 Å². The number of halogens is 1. The minimum Gasteiger partial charge on any atom is -0.478 e. The van der Waals surface area contributed by atoms with E-state index < -0.39 is 0 Å². The minimum atomic E-state index is -0.173. The van der Waals surface area contributed by atoms with Gasteiger partial charge in [-0.15, -0.1) is 0 Å². The molecule has 1 heterocycles. The maximum absolute atomic E-state index is 13.1. The first-order valence-corrected chi connectivity index (χ1v) is 11.5. The van der Waals surface area contributed by atoms with Crippen LogP contribution in [0.4, 0.5) is 4.79 Å². The smallest absolute Gasteiger partial charge is 0.410 e. The van der Waals surface area contributed by atoms with Crippen molar-refractivity contribution in [2.75, 3.05) is 12.6 Å². The second kappa shape index (κ2) is 8.14. The molecule has 4 nitrogen and oxygen atoms in total. The van der Waals surface area contributed by atoms with Gasteiger partial charge in [-0.05, 0) is 60.4 Å². The average molecular weight is 426 g/mol. The van der Waals surface area contributed by atoms with Gasteiger partial charge in [-0.2, -0.15) is 0 Å². The number of nitrogens with zero attached hydrogens (tertiary/aromatic N) is 1. The molecule has 1 aliphatic heterocycles. The molecule has 1 amide bonds. The summed E-state index contributed by atoms with van der Waals surface area (Å²) in [4.78, 5) is 15.1. The molecule has 30 heavy (non-hydrogen) atoms. The minimum absolute atomic E-state index is 0.151.